The monoisotopic (exact) mass is 435 g/mol. The van der Waals surface area contributed by atoms with Gasteiger partial charge in [-0.05, 0) is 61.4 Å². The highest BCUT2D eigenvalue weighted by molar-refractivity contribution is 7.99. The maximum atomic E-state index is 13.1. The second-order valence-electron chi connectivity index (χ2n) is 7.00. The van der Waals surface area contributed by atoms with Gasteiger partial charge in [-0.25, -0.2) is 4.98 Å². The smallest absolute Gasteiger partial charge is 0.269 e. The summed E-state index contributed by atoms with van der Waals surface area (Å²) in [4.78, 5) is 30.1. The molecule has 0 saturated heterocycles. The average Bonchev–Trinajstić information content (AvgIpc) is 3.24. The fourth-order valence-electron chi connectivity index (χ4n) is 3.08. The quantitative estimate of drug-likeness (QED) is 0.355. The summed E-state index contributed by atoms with van der Waals surface area (Å²) in [5, 5.41) is 10.3. The molecule has 0 atom stereocenters. The van der Waals surface area contributed by atoms with Gasteiger partial charge in [-0.2, -0.15) is 5.10 Å². The molecule has 0 fully saturated rings. The van der Waals surface area contributed by atoms with Gasteiger partial charge in [0, 0.05) is 5.69 Å². The highest BCUT2D eigenvalue weighted by Gasteiger charge is 2.16. The Kier molecular flexibility index (Phi) is 5.77. The summed E-state index contributed by atoms with van der Waals surface area (Å²) in [6.07, 6.45) is 1.45. The molecule has 1 amide bonds. The fraction of sp³-hybridized carbons (Fsp3) is 0.182. The molecule has 0 bridgehead atoms. The molecule has 158 valence electrons. The molecule has 8 nitrogen and oxygen atoms in total. The minimum absolute atomic E-state index is 0.0924. The van der Waals surface area contributed by atoms with Gasteiger partial charge in [0.15, 0.2) is 10.8 Å². The van der Waals surface area contributed by atoms with E-state index >= 15 is 0 Å². The Hall–Kier alpha value is -3.59. The third-order valence-corrected chi connectivity index (χ3v) is 5.84. The number of benzene rings is 2. The predicted octanol–water partition coefficient (Wildman–Crippen LogP) is 3.47. The third kappa shape index (κ3) is 4.31. The molecule has 2 aromatic heterocycles. The molecule has 0 unspecified atom stereocenters. The summed E-state index contributed by atoms with van der Waals surface area (Å²) in [5.74, 6) is 0.583. The summed E-state index contributed by atoms with van der Waals surface area (Å²) in [5.41, 5.74) is 3.74. The lowest BCUT2D eigenvalue weighted by Crippen LogP contribution is -2.22. The Labute approximate surface area is 182 Å². The van der Waals surface area contributed by atoms with Crippen LogP contribution in [0.4, 0.5) is 5.69 Å². The Morgan fingerprint density at radius 3 is 2.65 bits per heavy atom. The van der Waals surface area contributed by atoms with Gasteiger partial charge in [0.1, 0.15) is 11.1 Å². The number of methoxy groups -OCH3 is 1. The summed E-state index contributed by atoms with van der Waals surface area (Å²) in [6.45, 7) is 4.02. The molecule has 0 spiro atoms. The fourth-order valence-corrected chi connectivity index (χ4v) is 3.88. The van der Waals surface area contributed by atoms with E-state index in [0.717, 1.165) is 16.8 Å². The van der Waals surface area contributed by atoms with Crippen LogP contribution in [0.1, 0.15) is 11.1 Å². The zero-order valence-corrected chi connectivity index (χ0v) is 18.1. The highest BCUT2D eigenvalue weighted by atomic mass is 32.2. The van der Waals surface area contributed by atoms with Crippen LogP contribution in [0.5, 0.6) is 5.75 Å². The van der Waals surface area contributed by atoms with Gasteiger partial charge in [0.25, 0.3) is 5.56 Å². The molecule has 9 heteroatoms. The Morgan fingerprint density at radius 1 is 1.16 bits per heavy atom. The van der Waals surface area contributed by atoms with Crippen LogP contribution in [-0.2, 0) is 4.79 Å². The third-order valence-electron chi connectivity index (χ3n) is 4.91. The van der Waals surface area contributed by atoms with Crippen molar-refractivity contribution in [1.29, 1.82) is 0 Å². The molecule has 4 aromatic rings. The van der Waals surface area contributed by atoms with Crippen molar-refractivity contribution in [2.24, 2.45) is 0 Å². The molecule has 2 heterocycles. The van der Waals surface area contributed by atoms with E-state index in [-0.39, 0.29) is 17.2 Å². The van der Waals surface area contributed by atoms with Crippen molar-refractivity contribution in [2.75, 3.05) is 18.2 Å². The van der Waals surface area contributed by atoms with E-state index in [1.807, 2.05) is 32.0 Å². The topological polar surface area (TPSA) is 102 Å². The lowest BCUT2D eigenvalue weighted by atomic mass is 10.1. The zero-order chi connectivity index (χ0) is 22.0. The minimum atomic E-state index is -0.263. The van der Waals surface area contributed by atoms with Crippen LogP contribution >= 0.6 is 11.8 Å². The normalized spacial score (nSPS) is 10.9. The van der Waals surface area contributed by atoms with Gasteiger partial charge < -0.3 is 10.1 Å². The number of nitrogens with one attached hydrogen (secondary N) is 2. The molecule has 2 aromatic carbocycles. The number of carbonyl (C=O) groups excluding carboxylic acids is 1. The van der Waals surface area contributed by atoms with Crippen LogP contribution in [0.3, 0.4) is 0 Å². The molecule has 0 aliphatic heterocycles. The van der Waals surface area contributed by atoms with E-state index < -0.39 is 0 Å². The number of aryl methyl sites for hydroxylation is 2. The van der Waals surface area contributed by atoms with Gasteiger partial charge in [0.2, 0.25) is 5.91 Å². The van der Waals surface area contributed by atoms with Crippen LogP contribution in [0.15, 0.2) is 58.6 Å². The summed E-state index contributed by atoms with van der Waals surface area (Å²) in [7, 11) is 1.58. The van der Waals surface area contributed by atoms with E-state index in [0.29, 0.717) is 27.6 Å². The van der Waals surface area contributed by atoms with Crippen LogP contribution in [0, 0.1) is 13.8 Å². The number of nitrogens with zero attached hydrogens (tertiary/aromatic N) is 3. The standard InChI is InChI=1S/C22H21N5O3S/c1-13-4-5-15(10-14(13)2)24-19(28)12-31-22-25-20-18(11-23-26-20)21(29)27(22)16-6-8-17(30-3)9-7-16/h4-11H,12H2,1-3H3,(H,23,26)(H,24,28). The lowest BCUT2D eigenvalue weighted by Gasteiger charge is -2.12. The van der Waals surface area contributed by atoms with Gasteiger partial charge in [-0.3, -0.25) is 19.3 Å². The number of thioether (sulfide) groups is 1. The maximum absolute atomic E-state index is 13.1. The number of amides is 1. The minimum Gasteiger partial charge on any atom is -0.497 e. The molecule has 0 aliphatic carbocycles. The van der Waals surface area contributed by atoms with Crippen molar-refractivity contribution < 1.29 is 9.53 Å². The Morgan fingerprint density at radius 2 is 1.94 bits per heavy atom. The number of hydrogen-bond donors (Lipinski definition) is 2. The SMILES string of the molecule is COc1ccc(-n2c(SCC(=O)Nc3ccc(C)c(C)c3)nc3[nH]ncc3c2=O)cc1. The van der Waals surface area contributed by atoms with Gasteiger partial charge in [-0.1, -0.05) is 17.8 Å². The maximum Gasteiger partial charge on any atom is 0.269 e. The van der Waals surface area contributed by atoms with Crippen molar-refractivity contribution in [3.8, 4) is 11.4 Å². The average molecular weight is 436 g/mol. The zero-order valence-electron chi connectivity index (χ0n) is 17.3. The van der Waals surface area contributed by atoms with E-state index in [2.05, 4.69) is 20.5 Å². The summed E-state index contributed by atoms with van der Waals surface area (Å²) < 4.78 is 6.68. The van der Waals surface area contributed by atoms with E-state index in [9.17, 15) is 9.59 Å². The first kappa shape index (κ1) is 20.7. The van der Waals surface area contributed by atoms with Crippen molar-refractivity contribution >= 4 is 34.4 Å². The molecule has 31 heavy (non-hydrogen) atoms. The number of anilines is 1. The highest BCUT2D eigenvalue weighted by Crippen LogP contribution is 2.23. The first-order valence-electron chi connectivity index (χ1n) is 9.56. The van der Waals surface area contributed by atoms with Crippen LogP contribution in [-0.4, -0.2) is 38.5 Å². The van der Waals surface area contributed by atoms with Crippen LogP contribution in [0.25, 0.3) is 16.7 Å². The molecular weight excluding hydrogens is 414 g/mol. The second kappa shape index (κ2) is 8.65. The first-order valence-corrected chi connectivity index (χ1v) is 10.6. The molecule has 0 aliphatic rings. The van der Waals surface area contributed by atoms with E-state index in [1.165, 1.54) is 22.5 Å². The van der Waals surface area contributed by atoms with E-state index in [4.69, 9.17) is 4.74 Å². The predicted molar refractivity (Wildman–Crippen MR) is 121 cm³/mol. The molecule has 2 N–H and O–H groups in total. The molecular formula is C22H21N5O3S. The number of hydrogen-bond acceptors (Lipinski definition) is 6. The number of aromatic amines is 1. The van der Waals surface area contributed by atoms with Crippen LogP contribution in [0.2, 0.25) is 0 Å². The molecule has 0 saturated carbocycles. The Balaban J connectivity index is 1.62. The lowest BCUT2D eigenvalue weighted by molar-refractivity contribution is -0.113. The summed E-state index contributed by atoms with van der Waals surface area (Å²) >= 11 is 1.18. The second-order valence-corrected chi connectivity index (χ2v) is 7.94. The number of carbonyl (C=O) groups is 1. The summed E-state index contributed by atoms with van der Waals surface area (Å²) in [6, 6.07) is 12.8. The largest absolute Gasteiger partial charge is 0.497 e. The number of ether oxygens (including phenoxy) is 1. The van der Waals surface area contributed by atoms with Gasteiger partial charge in [-0.15, -0.1) is 0 Å². The molecule has 0 radical (unpaired) electrons. The molecule has 4 rings (SSSR count). The van der Waals surface area contributed by atoms with Crippen molar-refractivity contribution in [1.82, 2.24) is 19.7 Å². The van der Waals surface area contributed by atoms with Crippen LogP contribution < -0.4 is 15.6 Å². The number of rotatable bonds is 6. The van der Waals surface area contributed by atoms with Gasteiger partial charge in [0.05, 0.1) is 24.7 Å². The number of H-pyrrole nitrogens is 1. The van der Waals surface area contributed by atoms with E-state index in [1.54, 1.807) is 31.4 Å². The number of fused-ring (bicyclic) bond motifs is 1. The number of aromatic nitrogens is 4. The van der Waals surface area contributed by atoms with Crippen molar-refractivity contribution in [3.63, 3.8) is 0 Å². The Bertz CT molecular complexity index is 1310. The first-order chi connectivity index (χ1) is 15.0. The van der Waals surface area contributed by atoms with Gasteiger partial charge >= 0.3 is 0 Å². The van der Waals surface area contributed by atoms with Crippen molar-refractivity contribution in [2.45, 2.75) is 19.0 Å². The van der Waals surface area contributed by atoms with Crippen molar-refractivity contribution in [3.05, 3.63) is 70.1 Å².